The van der Waals surface area contributed by atoms with Crippen molar-refractivity contribution in [1.82, 2.24) is 0 Å². The average Bonchev–Trinajstić information content (AvgIpc) is 2.51. The fourth-order valence-electron chi connectivity index (χ4n) is 1.90. The Bertz CT molecular complexity index is 590. The van der Waals surface area contributed by atoms with E-state index in [1.54, 1.807) is 11.5 Å². The van der Waals surface area contributed by atoms with Crippen LogP contribution in [0.4, 0.5) is 5.69 Å². The molecule has 0 aliphatic carbocycles. The maximum atomic E-state index is 11.8. The Kier molecular flexibility index (Phi) is 6.10. The van der Waals surface area contributed by atoms with Crippen LogP contribution >= 0.6 is 11.8 Å². The lowest BCUT2D eigenvalue weighted by molar-refractivity contribution is -0.111. The van der Waals surface area contributed by atoms with Crippen molar-refractivity contribution in [3.63, 3.8) is 0 Å². The van der Waals surface area contributed by atoms with Crippen molar-refractivity contribution in [3.05, 3.63) is 71.6 Å². The van der Waals surface area contributed by atoms with Gasteiger partial charge in [-0.3, -0.25) is 4.79 Å². The fourth-order valence-corrected chi connectivity index (χ4v) is 2.56. The Hall–Kier alpha value is -2.00. The molecule has 0 atom stereocenters. The van der Waals surface area contributed by atoms with E-state index in [0.29, 0.717) is 0 Å². The number of amides is 1. The summed E-state index contributed by atoms with van der Waals surface area (Å²) < 4.78 is 0. The van der Waals surface area contributed by atoms with Gasteiger partial charge in [0.2, 0.25) is 5.91 Å². The van der Waals surface area contributed by atoms with E-state index in [9.17, 15) is 4.79 Å². The third-order valence-electron chi connectivity index (χ3n) is 2.93. The number of rotatable bonds is 6. The minimum atomic E-state index is -0.110. The van der Waals surface area contributed by atoms with Crippen molar-refractivity contribution < 1.29 is 4.79 Å². The molecule has 0 saturated heterocycles. The van der Waals surface area contributed by atoms with E-state index in [2.05, 4.69) is 24.4 Å². The molecule has 0 saturated carbocycles. The third-order valence-corrected chi connectivity index (χ3v) is 3.74. The maximum absolute atomic E-state index is 11.8. The lowest BCUT2D eigenvalue weighted by atomic mass is 10.1. The number of carbonyl (C=O) groups excluding carboxylic acids is 1. The van der Waals surface area contributed by atoms with E-state index in [1.807, 2.05) is 42.5 Å². The molecular formula is C18H19NOS. The van der Waals surface area contributed by atoms with Gasteiger partial charge in [-0.15, -0.1) is 0 Å². The molecule has 3 heteroatoms. The van der Waals surface area contributed by atoms with Crippen molar-refractivity contribution in [2.45, 2.75) is 24.7 Å². The van der Waals surface area contributed by atoms with Gasteiger partial charge in [-0.1, -0.05) is 55.4 Å². The Balaban J connectivity index is 1.83. The molecule has 0 aromatic heterocycles. The SMILES string of the molecule is CCCc1ccc(NC(=O)C=CSc2ccccc2)cc1. The Morgan fingerprint density at radius 2 is 1.81 bits per heavy atom. The highest BCUT2D eigenvalue weighted by Gasteiger charge is 1.98. The van der Waals surface area contributed by atoms with Crippen LogP contribution in [0.15, 0.2) is 71.0 Å². The number of anilines is 1. The highest BCUT2D eigenvalue weighted by atomic mass is 32.2. The van der Waals surface area contributed by atoms with Crippen LogP contribution in [-0.4, -0.2) is 5.91 Å². The molecule has 2 rings (SSSR count). The molecule has 2 aromatic rings. The summed E-state index contributed by atoms with van der Waals surface area (Å²) in [4.78, 5) is 12.9. The number of thioether (sulfide) groups is 1. The number of benzene rings is 2. The number of carbonyl (C=O) groups is 1. The molecule has 0 radical (unpaired) electrons. The van der Waals surface area contributed by atoms with Crippen molar-refractivity contribution >= 4 is 23.4 Å². The summed E-state index contributed by atoms with van der Waals surface area (Å²) in [5, 5.41) is 4.66. The minimum Gasteiger partial charge on any atom is -0.322 e. The molecule has 2 aromatic carbocycles. The summed E-state index contributed by atoms with van der Waals surface area (Å²) in [6.45, 7) is 2.16. The number of hydrogen-bond acceptors (Lipinski definition) is 2. The van der Waals surface area contributed by atoms with Gasteiger partial charge < -0.3 is 5.32 Å². The fraction of sp³-hybridized carbons (Fsp3) is 0.167. The quantitative estimate of drug-likeness (QED) is 0.608. The van der Waals surface area contributed by atoms with E-state index >= 15 is 0 Å². The summed E-state index contributed by atoms with van der Waals surface area (Å²) in [6, 6.07) is 18.0. The molecule has 2 nitrogen and oxygen atoms in total. The van der Waals surface area contributed by atoms with Gasteiger partial charge in [0.05, 0.1) is 0 Å². The van der Waals surface area contributed by atoms with E-state index in [-0.39, 0.29) is 5.91 Å². The normalized spacial score (nSPS) is 10.7. The Morgan fingerprint density at radius 1 is 1.10 bits per heavy atom. The van der Waals surface area contributed by atoms with Crippen LogP contribution in [0.3, 0.4) is 0 Å². The summed E-state index contributed by atoms with van der Waals surface area (Å²) in [5.41, 5.74) is 2.12. The highest BCUT2D eigenvalue weighted by molar-refractivity contribution is 8.02. The van der Waals surface area contributed by atoms with Crippen LogP contribution in [0.5, 0.6) is 0 Å². The largest absolute Gasteiger partial charge is 0.322 e. The molecule has 108 valence electrons. The molecule has 1 amide bonds. The van der Waals surface area contributed by atoms with Crippen molar-refractivity contribution in [3.8, 4) is 0 Å². The van der Waals surface area contributed by atoms with E-state index in [1.165, 1.54) is 17.3 Å². The lowest BCUT2D eigenvalue weighted by Gasteiger charge is -2.03. The van der Waals surface area contributed by atoms with Gasteiger partial charge in [-0.2, -0.15) is 0 Å². The third kappa shape index (κ3) is 5.48. The van der Waals surface area contributed by atoms with Crippen LogP contribution in [-0.2, 0) is 11.2 Å². The van der Waals surface area contributed by atoms with Gasteiger partial charge in [-0.05, 0) is 41.7 Å². The molecule has 0 fully saturated rings. The zero-order chi connectivity index (χ0) is 14.9. The van der Waals surface area contributed by atoms with Gasteiger partial charge in [0.15, 0.2) is 0 Å². The summed E-state index contributed by atoms with van der Waals surface area (Å²) in [7, 11) is 0. The molecule has 0 heterocycles. The smallest absolute Gasteiger partial charge is 0.248 e. The first kappa shape index (κ1) is 15.4. The molecular weight excluding hydrogens is 278 g/mol. The number of hydrogen-bond donors (Lipinski definition) is 1. The second-order valence-corrected chi connectivity index (χ2v) is 5.65. The molecule has 1 N–H and O–H groups in total. The summed E-state index contributed by atoms with van der Waals surface area (Å²) in [5.74, 6) is -0.110. The van der Waals surface area contributed by atoms with Crippen LogP contribution in [0.1, 0.15) is 18.9 Å². The monoisotopic (exact) mass is 297 g/mol. The zero-order valence-corrected chi connectivity index (χ0v) is 12.9. The summed E-state index contributed by atoms with van der Waals surface area (Å²) in [6.07, 6.45) is 3.75. The predicted molar refractivity (Wildman–Crippen MR) is 90.5 cm³/mol. The average molecular weight is 297 g/mol. The van der Waals surface area contributed by atoms with Gasteiger partial charge in [0, 0.05) is 16.7 Å². The maximum Gasteiger partial charge on any atom is 0.248 e. The number of nitrogens with one attached hydrogen (secondary N) is 1. The second-order valence-electron chi connectivity index (χ2n) is 4.67. The zero-order valence-electron chi connectivity index (χ0n) is 12.1. The predicted octanol–water partition coefficient (Wildman–Crippen LogP) is 4.88. The molecule has 0 bridgehead atoms. The first-order valence-electron chi connectivity index (χ1n) is 7.06. The first-order chi connectivity index (χ1) is 10.3. The van der Waals surface area contributed by atoms with E-state index in [0.717, 1.165) is 23.4 Å². The molecule has 21 heavy (non-hydrogen) atoms. The first-order valence-corrected chi connectivity index (χ1v) is 7.94. The van der Waals surface area contributed by atoms with Crippen LogP contribution in [0.2, 0.25) is 0 Å². The van der Waals surface area contributed by atoms with Gasteiger partial charge in [0.25, 0.3) is 0 Å². The molecule has 0 aliphatic rings. The number of aryl methyl sites for hydroxylation is 1. The standard InChI is InChI=1S/C18H19NOS/c1-2-6-15-9-11-16(12-10-15)19-18(20)13-14-21-17-7-4-3-5-8-17/h3-5,7-14H,2,6H2,1H3,(H,19,20). The molecule has 0 aliphatic heterocycles. The molecule has 0 unspecified atom stereocenters. The van der Waals surface area contributed by atoms with Crippen molar-refractivity contribution in [1.29, 1.82) is 0 Å². The Labute approximate surface area is 130 Å². The topological polar surface area (TPSA) is 29.1 Å². The highest BCUT2D eigenvalue weighted by Crippen LogP contribution is 2.18. The lowest BCUT2D eigenvalue weighted by Crippen LogP contribution is -2.07. The Morgan fingerprint density at radius 3 is 2.48 bits per heavy atom. The van der Waals surface area contributed by atoms with Gasteiger partial charge in [0.1, 0.15) is 0 Å². The van der Waals surface area contributed by atoms with Crippen LogP contribution in [0.25, 0.3) is 0 Å². The van der Waals surface area contributed by atoms with Crippen molar-refractivity contribution in [2.24, 2.45) is 0 Å². The van der Waals surface area contributed by atoms with Crippen molar-refractivity contribution in [2.75, 3.05) is 5.32 Å². The van der Waals surface area contributed by atoms with Gasteiger partial charge >= 0.3 is 0 Å². The summed E-state index contributed by atoms with van der Waals surface area (Å²) >= 11 is 1.53. The van der Waals surface area contributed by atoms with Gasteiger partial charge in [-0.25, -0.2) is 0 Å². The molecule has 0 spiro atoms. The second kappa shape index (κ2) is 8.32. The minimum absolute atomic E-state index is 0.110. The van der Waals surface area contributed by atoms with Crippen LogP contribution < -0.4 is 5.32 Å². The van der Waals surface area contributed by atoms with E-state index in [4.69, 9.17) is 0 Å². The van der Waals surface area contributed by atoms with E-state index < -0.39 is 0 Å². The van der Waals surface area contributed by atoms with Crippen LogP contribution in [0, 0.1) is 0 Å².